The second kappa shape index (κ2) is 7.79. The number of nitro benzene ring substituents is 1. The van der Waals surface area contributed by atoms with E-state index in [9.17, 15) is 14.9 Å². The number of carbonyl (C=O) groups excluding carboxylic acids is 1. The summed E-state index contributed by atoms with van der Waals surface area (Å²) in [5.41, 5.74) is 1.96. The molecule has 0 aliphatic carbocycles. The molecule has 7 nitrogen and oxygen atoms in total. The van der Waals surface area contributed by atoms with E-state index in [1.165, 1.54) is 18.2 Å². The van der Waals surface area contributed by atoms with Crippen molar-refractivity contribution in [2.24, 2.45) is 0 Å². The molecule has 0 fully saturated rings. The average Bonchev–Trinajstić information content (AvgIpc) is 3.11. The van der Waals surface area contributed by atoms with Crippen LogP contribution in [0.3, 0.4) is 0 Å². The molecule has 0 unspecified atom stereocenters. The molecule has 0 spiro atoms. The fraction of sp³-hybridized carbons (Fsp3) is 0.111. The molecule has 0 radical (unpaired) electrons. The first kappa shape index (κ1) is 17.6. The van der Waals surface area contributed by atoms with Gasteiger partial charge in [-0.3, -0.25) is 14.9 Å². The van der Waals surface area contributed by atoms with E-state index < -0.39 is 4.92 Å². The normalized spacial score (nSPS) is 10.5. The Kier molecular flexibility index (Phi) is 5.28. The largest absolute Gasteiger partial charge is 0.326 e. The summed E-state index contributed by atoms with van der Waals surface area (Å²) in [5, 5.41) is 17.8. The van der Waals surface area contributed by atoms with Gasteiger partial charge in [-0.05, 0) is 36.2 Å². The maximum atomic E-state index is 12.1. The van der Waals surface area contributed by atoms with Crippen LogP contribution >= 0.6 is 11.6 Å². The Balaban J connectivity index is 1.59. The molecule has 0 bridgehead atoms. The quantitative estimate of drug-likeness (QED) is 0.524. The first-order valence-electron chi connectivity index (χ1n) is 7.86. The first-order chi connectivity index (χ1) is 12.5. The summed E-state index contributed by atoms with van der Waals surface area (Å²) in [7, 11) is 0. The molecule has 132 valence electrons. The average molecular weight is 371 g/mol. The maximum Gasteiger partial charge on any atom is 0.289 e. The van der Waals surface area contributed by atoms with Crippen molar-refractivity contribution in [3.63, 3.8) is 0 Å². The topological polar surface area (TPSA) is 90.1 Å². The number of hydrogen-bond acceptors (Lipinski definition) is 4. The van der Waals surface area contributed by atoms with Crippen LogP contribution in [-0.4, -0.2) is 20.6 Å². The van der Waals surface area contributed by atoms with E-state index in [1.54, 1.807) is 10.9 Å². The third-order valence-corrected chi connectivity index (χ3v) is 4.04. The lowest BCUT2D eigenvalue weighted by Crippen LogP contribution is -2.12. The van der Waals surface area contributed by atoms with E-state index in [0.29, 0.717) is 12.1 Å². The third-order valence-electron chi connectivity index (χ3n) is 3.72. The smallest absolute Gasteiger partial charge is 0.289 e. The Hall–Kier alpha value is -3.19. The number of nitro groups is 1. The first-order valence-corrected chi connectivity index (χ1v) is 8.23. The van der Waals surface area contributed by atoms with Gasteiger partial charge in [-0.25, -0.2) is 4.68 Å². The van der Waals surface area contributed by atoms with Crippen molar-refractivity contribution < 1.29 is 9.72 Å². The molecule has 3 rings (SSSR count). The summed E-state index contributed by atoms with van der Waals surface area (Å²) < 4.78 is 1.75. The second-order valence-electron chi connectivity index (χ2n) is 5.60. The zero-order valence-electron chi connectivity index (χ0n) is 13.6. The molecule has 1 N–H and O–H groups in total. The molecule has 1 aromatic heterocycles. The maximum absolute atomic E-state index is 12.1. The van der Waals surface area contributed by atoms with Crippen LogP contribution in [0.1, 0.15) is 12.0 Å². The Morgan fingerprint density at radius 1 is 1.23 bits per heavy atom. The van der Waals surface area contributed by atoms with E-state index in [2.05, 4.69) is 10.4 Å². The number of aromatic nitrogens is 2. The third kappa shape index (κ3) is 4.25. The van der Waals surface area contributed by atoms with Crippen LogP contribution in [0.5, 0.6) is 0 Å². The predicted octanol–water partition coefficient (Wildman–Crippen LogP) is 4.01. The summed E-state index contributed by atoms with van der Waals surface area (Å²) >= 11 is 5.76. The Morgan fingerprint density at radius 3 is 2.73 bits per heavy atom. The number of halogens is 1. The number of amides is 1. The van der Waals surface area contributed by atoms with Crippen LogP contribution in [0.4, 0.5) is 11.4 Å². The zero-order chi connectivity index (χ0) is 18.5. The zero-order valence-corrected chi connectivity index (χ0v) is 14.4. The van der Waals surface area contributed by atoms with Gasteiger partial charge < -0.3 is 5.32 Å². The van der Waals surface area contributed by atoms with Crippen LogP contribution in [0.25, 0.3) is 5.69 Å². The SMILES string of the molecule is O=C(CCc1cnn(-c2ccccc2)c1)Nc1ccc(Cl)c([N+](=O)[O-])c1. The van der Waals surface area contributed by atoms with Crippen LogP contribution in [0.15, 0.2) is 60.9 Å². The van der Waals surface area contributed by atoms with E-state index in [1.807, 2.05) is 36.5 Å². The lowest BCUT2D eigenvalue weighted by Gasteiger charge is -2.05. The number of nitrogens with zero attached hydrogens (tertiary/aromatic N) is 3. The van der Waals surface area contributed by atoms with Gasteiger partial charge in [0.2, 0.25) is 5.91 Å². The number of aryl methyl sites for hydroxylation is 1. The van der Waals surface area contributed by atoms with Crippen LogP contribution in [-0.2, 0) is 11.2 Å². The number of carbonyl (C=O) groups is 1. The summed E-state index contributed by atoms with van der Waals surface area (Å²) in [5.74, 6) is -0.242. The van der Waals surface area contributed by atoms with Crippen LogP contribution in [0.2, 0.25) is 5.02 Å². The highest BCUT2D eigenvalue weighted by Gasteiger charge is 2.14. The summed E-state index contributed by atoms with van der Waals surface area (Å²) in [4.78, 5) is 22.4. The van der Waals surface area contributed by atoms with E-state index in [-0.39, 0.29) is 23.0 Å². The standard InChI is InChI=1S/C18H15ClN4O3/c19-16-8-7-14(10-17(16)23(25)26)21-18(24)9-6-13-11-20-22(12-13)15-4-2-1-3-5-15/h1-5,7-8,10-12H,6,9H2,(H,21,24). The van der Waals surface area contributed by atoms with Gasteiger partial charge in [0, 0.05) is 24.4 Å². The van der Waals surface area contributed by atoms with Crippen molar-refractivity contribution in [3.8, 4) is 5.69 Å². The van der Waals surface area contributed by atoms with Crippen molar-refractivity contribution in [2.45, 2.75) is 12.8 Å². The van der Waals surface area contributed by atoms with Gasteiger partial charge in [-0.1, -0.05) is 29.8 Å². The monoisotopic (exact) mass is 370 g/mol. The molecule has 1 amide bonds. The highest BCUT2D eigenvalue weighted by molar-refractivity contribution is 6.32. The Labute approximate surface area is 154 Å². The molecule has 3 aromatic rings. The van der Waals surface area contributed by atoms with Gasteiger partial charge in [0.15, 0.2) is 0 Å². The number of para-hydroxylation sites is 1. The molecular formula is C18H15ClN4O3. The second-order valence-corrected chi connectivity index (χ2v) is 6.01. The van der Waals surface area contributed by atoms with Gasteiger partial charge in [0.05, 0.1) is 16.8 Å². The minimum Gasteiger partial charge on any atom is -0.326 e. The van der Waals surface area contributed by atoms with E-state index in [4.69, 9.17) is 11.6 Å². The molecular weight excluding hydrogens is 356 g/mol. The van der Waals surface area contributed by atoms with E-state index >= 15 is 0 Å². The van der Waals surface area contributed by atoms with E-state index in [0.717, 1.165) is 11.3 Å². The van der Waals surface area contributed by atoms with Crippen LogP contribution < -0.4 is 5.32 Å². The number of hydrogen-bond donors (Lipinski definition) is 1. The molecule has 0 saturated heterocycles. The fourth-order valence-corrected chi connectivity index (χ4v) is 2.61. The molecule has 0 aliphatic rings. The molecule has 0 atom stereocenters. The van der Waals surface area contributed by atoms with Gasteiger partial charge >= 0.3 is 0 Å². The Bertz CT molecular complexity index is 941. The van der Waals surface area contributed by atoms with Gasteiger partial charge in [0.25, 0.3) is 5.69 Å². The minimum atomic E-state index is -0.587. The van der Waals surface area contributed by atoms with Crippen molar-refractivity contribution in [3.05, 3.63) is 81.6 Å². The molecule has 2 aromatic carbocycles. The fourth-order valence-electron chi connectivity index (χ4n) is 2.42. The van der Waals surface area contributed by atoms with Crippen molar-refractivity contribution >= 4 is 28.9 Å². The van der Waals surface area contributed by atoms with Crippen molar-refractivity contribution in [2.75, 3.05) is 5.32 Å². The predicted molar refractivity (Wildman–Crippen MR) is 98.6 cm³/mol. The molecule has 8 heteroatoms. The summed E-state index contributed by atoms with van der Waals surface area (Å²) in [6.07, 6.45) is 4.33. The van der Waals surface area contributed by atoms with Crippen molar-refractivity contribution in [1.29, 1.82) is 0 Å². The molecule has 1 heterocycles. The highest BCUT2D eigenvalue weighted by atomic mass is 35.5. The molecule has 0 aliphatic heterocycles. The lowest BCUT2D eigenvalue weighted by molar-refractivity contribution is -0.384. The molecule has 26 heavy (non-hydrogen) atoms. The highest BCUT2D eigenvalue weighted by Crippen LogP contribution is 2.27. The van der Waals surface area contributed by atoms with Gasteiger partial charge in [0.1, 0.15) is 5.02 Å². The number of nitrogens with one attached hydrogen (secondary N) is 1. The molecule has 0 saturated carbocycles. The number of anilines is 1. The van der Waals surface area contributed by atoms with Crippen LogP contribution in [0, 0.1) is 10.1 Å². The number of rotatable bonds is 6. The minimum absolute atomic E-state index is 0.0290. The van der Waals surface area contributed by atoms with Gasteiger partial charge in [-0.15, -0.1) is 0 Å². The van der Waals surface area contributed by atoms with Gasteiger partial charge in [-0.2, -0.15) is 5.10 Å². The Morgan fingerprint density at radius 2 is 2.00 bits per heavy atom. The number of benzene rings is 2. The summed E-state index contributed by atoms with van der Waals surface area (Å²) in [6, 6.07) is 13.8. The van der Waals surface area contributed by atoms with Crippen molar-refractivity contribution in [1.82, 2.24) is 9.78 Å². The lowest BCUT2D eigenvalue weighted by atomic mass is 10.2. The summed E-state index contributed by atoms with van der Waals surface area (Å²) in [6.45, 7) is 0.